The van der Waals surface area contributed by atoms with Crippen LogP contribution in [0.15, 0.2) is 24.3 Å². The molecule has 0 saturated carbocycles. The fourth-order valence-electron chi connectivity index (χ4n) is 1.49. The summed E-state index contributed by atoms with van der Waals surface area (Å²) in [4.78, 5) is 23.4. The van der Waals surface area contributed by atoms with Gasteiger partial charge in [0.1, 0.15) is 0 Å². The van der Waals surface area contributed by atoms with Crippen LogP contribution < -0.4 is 5.32 Å². The zero-order valence-corrected chi connectivity index (χ0v) is 11.8. The third-order valence-electron chi connectivity index (χ3n) is 2.62. The summed E-state index contributed by atoms with van der Waals surface area (Å²) in [6.45, 7) is 3.28. The van der Waals surface area contributed by atoms with Gasteiger partial charge in [-0.25, -0.2) is 0 Å². The van der Waals surface area contributed by atoms with Crippen molar-refractivity contribution in [2.24, 2.45) is 0 Å². The molecule has 4 nitrogen and oxygen atoms in total. The van der Waals surface area contributed by atoms with Crippen LogP contribution in [0.1, 0.15) is 37.0 Å². The Bertz CT molecular complexity index is 454. The highest BCUT2D eigenvalue weighted by Crippen LogP contribution is 2.12. The van der Waals surface area contributed by atoms with Gasteiger partial charge in [-0.15, -0.1) is 0 Å². The molecule has 0 aliphatic carbocycles. The number of carbonyl (C=O) groups excluding carboxylic acids is 2. The molecule has 0 spiro atoms. The van der Waals surface area contributed by atoms with E-state index in [9.17, 15) is 9.59 Å². The van der Waals surface area contributed by atoms with Gasteiger partial charge in [0.25, 0.3) is 0 Å². The van der Waals surface area contributed by atoms with Crippen molar-refractivity contribution in [2.45, 2.75) is 32.2 Å². The first-order valence-corrected chi connectivity index (χ1v) is 6.42. The van der Waals surface area contributed by atoms with E-state index in [1.165, 1.54) is 0 Å². The van der Waals surface area contributed by atoms with Gasteiger partial charge < -0.3 is 10.4 Å². The van der Waals surface area contributed by atoms with Crippen LogP contribution in [0.4, 0.5) is 0 Å². The summed E-state index contributed by atoms with van der Waals surface area (Å²) < 4.78 is 0. The first kappa shape index (κ1) is 15.7. The zero-order chi connectivity index (χ0) is 14.5. The molecule has 19 heavy (non-hydrogen) atoms. The quantitative estimate of drug-likeness (QED) is 0.787. The normalized spacial score (nSPS) is 11.2. The lowest BCUT2D eigenvalue weighted by atomic mass is 10.0. The fraction of sp³-hybridized carbons (Fsp3) is 0.429. The second kappa shape index (κ2) is 6.68. The predicted molar refractivity (Wildman–Crippen MR) is 74.3 cm³/mol. The van der Waals surface area contributed by atoms with Crippen molar-refractivity contribution in [1.82, 2.24) is 5.32 Å². The van der Waals surface area contributed by atoms with Crippen molar-refractivity contribution in [2.75, 3.05) is 6.61 Å². The number of rotatable bonds is 6. The highest BCUT2D eigenvalue weighted by atomic mass is 35.5. The van der Waals surface area contributed by atoms with E-state index in [2.05, 4.69) is 5.32 Å². The molecule has 0 saturated heterocycles. The SMILES string of the molecule is CC(C)(CO)NC(=O)CCC(=O)c1ccc(Cl)cc1. The number of ketones is 1. The minimum atomic E-state index is -0.666. The van der Waals surface area contributed by atoms with Gasteiger partial charge in [0, 0.05) is 23.4 Å². The molecule has 1 aromatic rings. The Morgan fingerprint density at radius 2 is 1.79 bits per heavy atom. The van der Waals surface area contributed by atoms with E-state index in [0.29, 0.717) is 10.6 Å². The molecule has 0 aliphatic heterocycles. The molecule has 0 bridgehead atoms. The molecule has 5 heteroatoms. The van der Waals surface area contributed by atoms with Crippen molar-refractivity contribution in [3.05, 3.63) is 34.9 Å². The van der Waals surface area contributed by atoms with Crippen LogP contribution in [-0.4, -0.2) is 28.9 Å². The average Bonchev–Trinajstić information content (AvgIpc) is 2.36. The first-order chi connectivity index (χ1) is 8.84. The van der Waals surface area contributed by atoms with E-state index >= 15 is 0 Å². The van der Waals surface area contributed by atoms with Gasteiger partial charge in [-0.1, -0.05) is 11.6 Å². The monoisotopic (exact) mass is 283 g/mol. The van der Waals surface area contributed by atoms with Crippen LogP contribution in [0, 0.1) is 0 Å². The Balaban J connectivity index is 2.46. The topological polar surface area (TPSA) is 66.4 Å². The summed E-state index contributed by atoms with van der Waals surface area (Å²) in [5.41, 5.74) is -0.126. The number of benzene rings is 1. The van der Waals surface area contributed by atoms with Crippen LogP contribution in [-0.2, 0) is 4.79 Å². The van der Waals surface area contributed by atoms with Gasteiger partial charge in [-0.05, 0) is 38.1 Å². The molecular formula is C14H18ClNO3. The molecule has 1 amide bonds. The smallest absolute Gasteiger partial charge is 0.220 e. The Kier molecular flexibility index (Phi) is 5.51. The number of hydrogen-bond donors (Lipinski definition) is 2. The third-order valence-corrected chi connectivity index (χ3v) is 2.87. The molecule has 0 atom stereocenters. The molecule has 1 rings (SSSR count). The van der Waals surface area contributed by atoms with E-state index in [1.807, 2.05) is 0 Å². The summed E-state index contributed by atoms with van der Waals surface area (Å²) in [6, 6.07) is 6.56. The number of hydrogen-bond acceptors (Lipinski definition) is 3. The number of amides is 1. The van der Waals surface area contributed by atoms with Crippen LogP contribution in [0.3, 0.4) is 0 Å². The summed E-state index contributed by atoms with van der Waals surface area (Å²) in [5, 5.41) is 12.3. The molecular weight excluding hydrogens is 266 g/mol. The van der Waals surface area contributed by atoms with Crippen molar-refractivity contribution in [1.29, 1.82) is 0 Å². The molecule has 104 valence electrons. The maximum atomic E-state index is 11.8. The second-order valence-corrected chi connectivity index (χ2v) is 5.46. The van der Waals surface area contributed by atoms with Crippen molar-refractivity contribution < 1.29 is 14.7 Å². The van der Waals surface area contributed by atoms with Gasteiger partial charge in [0.05, 0.1) is 12.1 Å². The molecule has 1 aromatic carbocycles. The molecule has 0 aromatic heterocycles. The molecule has 0 radical (unpaired) electrons. The summed E-state index contributed by atoms with van der Waals surface area (Å²) in [6.07, 6.45) is 0.236. The second-order valence-electron chi connectivity index (χ2n) is 5.02. The summed E-state index contributed by atoms with van der Waals surface area (Å²) in [5.74, 6) is -0.352. The molecule has 0 unspecified atom stereocenters. The third kappa shape index (κ3) is 5.41. The molecule has 2 N–H and O–H groups in total. The van der Waals surface area contributed by atoms with E-state index in [4.69, 9.17) is 16.7 Å². The van der Waals surface area contributed by atoms with Crippen LogP contribution in [0.5, 0.6) is 0 Å². The first-order valence-electron chi connectivity index (χ1n) is 6.05. The molecule has 0 aliphatic rings. The van der Waals surface area contributed by atoms with Crippen LogP contribution in [0.25, 0.3) is 0 Å². The highest BCUT2D eigenvalue weighted by Gasteiger charge is 2.19. The van der Waals surface area contributed by atoms with Crippen molar-refractivity contribution in [3.63, 3.8) is 0 Å². The van der Waals surface area contributed by atoms with Crippen molar-refractivity contribution in [3.8, 4) is 0 Å². The Morgan fingerprint density at radius 3 is 2.32 bits per heavy atom. The van der Waals surface area contributed by atoms with Gasteiger partial charge in [-0.3, -0.25) is 9.59 Å². The zero-order valence-electron chi connectivity index (χ0n) is 11.1. The van der Waals surface area contributed by atoms with Gasteiger partial charge >= 0.3 is 0 Å². The Hall–Kier alpha value is -1.39. The number of aliphatic hydroxyl groups is 1. The lowest BCUT2D eigenvalue weighted by Gasteiger charge is -2.23. The number of Topliss-reactive ketones (excluding diaryl/α,β-unsaturated/α-hetero) is 1. The van der Waals surface area contributed by atoms with E-state index in [1.54, 1.807) is 38.1 Å². The number of aliphatic hydroxyl groups excluding tert-OH is 1. The van der Waals surface area contributed by atoms with Gasteiger partial charge in [0.2, 0.25) is 5.91 Å². The number of nitrogens with one attached hydrogen (secondary N) is 1. The lowest BCUT2D eigenvalue weighted by molar-refractivity contribution is -0.123. The molecule has 0 heterocycles. The standard InChI is InChI=1S/C14H18ClNO3/c1-14(2,9-17)16-13(19)8-7-12(18)10-3-5-11(15)6-4-10/h3-6,17H,7-9H2,1-2H3,(H,16,19). The van der Waals surface area contributed by atoms with Crippen LogP contribution >= 0.6 is 11.6 Å². The van der Waals surface area contributed by atoms with Crippen molar-refractivity contribution >= 4 is 23.3 Å². The average molecular weight is 284 g/mol. The summed E-state index contributed by atoms with van der Waals surface area (Å²) >= 11 is 5.73. The Labute approximate surface area is 117 Å². The fourth-order valence-corrected chi connectivity index (χ4v) is 1.61. The highest BCUT2D eigenvalue weighted by molar-refractivity contribution is 6.30. The lowest BCUT2D eigenvalue weighted by Crippen LogP contribution is -2.46. The largest absolute Gasteiger partial charge is 0.394 e. The maximum Gasteiger partial charge on any atom is 0.220 e. The number of carbonyl (C=O) groups is 2. The Morgan fingerprint density at radius 1 is 1.21 bits per heavy atom. The van der Waals surface area contributed by atoms with E-state index < -0.39 is 5.54 Å². The predicted octanol–water partition coefficient (Wildman–Crippen LogP) is 2.19. The summed E-state index contributed by atoms with van der Waals surface area (Å²) in [7, 11) is 0. The minimum absolute atomic E-state index is 0.102. The maximum absolute atomic E-state index is 11.8. The molecule has 0 fully saturated rings. The van der Waals surface area contributed by atoms with Gasteiger partial charge in [-0.2, -0.15) is 0 Å². The minimum Gasteiger partial charge on any atom is -0.394 e. The number of halogens is 1. The van der Waals surface area contributed by atoms with Gasteiger partial charge in [0.15, 0.2) is 5.78 Å². The van der Waals surface area contributed by atoms with Crippen LogP contribution in [0.2, 0.25) is 5.02 Å². The van der Waals surface area contributed by atoms with E-state index in [0.717, 1.165) is 0 Å². The van der Waals surface area contributed by atoms with E-state index in [-0.39, 0.29) is 31.1 Å².